The number of amides is 2. The number of hydrogen-bond acceptors (Lipinski definition) is 6. The van der Waals surface area contributed by atoms with Gasteiger partial charge in [-0.25, -0.2) is 9.37 Å². The maximum Gasteiger partial charge on any atom is 0.471 e. The van der Waals surface area contributed by atoms with Crippen LogP contribution in [0.2, 0.25) is 0 Å². The van der Waals surface area contributed by atoms with E-state index in [-0.39, 0.29) is 44.1 Å². The average Bonchev–Trinajstić information content (AvgIpc) is 3.57. The van der Waals surface area contributed by atoms with Crippen LogP contribution in [0, 0.1) is 11.7 Å². The number of fused-ring (bicyclic) bond motifs is 1. The number of halogens is 6. The van der Waals surface area contributed by atoms with Crippen LogP contribution in [0.25, 0.3) is 17.1 Å². The van der Waals surface area contributed by atoms with Gasteiger partial charge in [0.15, 0.2) is 0 Å². The van der Waals surface area contributed by atoms with Crippen molar-refractivity contribution in [2.24, 2.45) is 5.92 Å². The highest BCUT2D eigenvalue weighted by Gasteiger charge is 2.44. The topological polar surface area (TPSA) is 96.8 Å². The molecule has 1 fully saturated rings. The van der Waals surface area contributed by atoms with Crippen LogP contribution in [0.5, 0.6) is 0 Å². The normalized spacial score (nSPS) is 14.7. The highest BCUT2D eigenvalue weighted by molar-refractivity contribution is 5.95. The smallest absolute Gasteiger partial charge is 0.415 e. The highest BCUT2D eigenvalue weighted by atomic mass is 19.4. The minimum Gasteiger partial charge on any atom is -0.415 e. The van der Waals surface area contributed by atoms with Gasteiger partial charge in [0.1, 0.15) is 11.5 Å². The molecule has 1 aliphatic rings. The van der Waals surface area contributed by atoms with Crippen molar-refractivity contribution in [2.75, 3.05) is 18.0 Å². The van der Waals surface area contributed by atoms with Crippen LogP contribution in [-0.2, 0) is 16.1 Å². The van der Waals surface area contributed by atoms with Gasteiger partial charge in [0.05, 0.1) is 12.2 Å². The lowest BCUT2D eigenvalue weighted by Crippen LogP contribution is -2.48. The predicted molar refractivity (Wildman–Crippen MR) is 126 cm³/mol. The third-order valence-corrected chi connectivity index (χ3v) is 6.46. The van der Waals surface area contributed by atoms with Crippen LogP contribution in [0.15, 0.2) is 53.2 Å². The lowest BCUT2D eigenvalue weighted by atomic mass is 9.94. The van der Waals surface area contributed by atoms with Gasteiger partial charge in [-0.15, -0.1) is 10.2 Å². The number of anilines is 1. The number of carbonyl (C=O) groups is 2. The molecule has 4 aromatic rings. The molecule has 9 nitrogen and oxygen atoms in total. The largest absolute Gasteiger partial charge is 0.471 e. The second kappa shape index (κ2) is 10.6. The molecular formula is C25H20F6N6O3. The molecule has 1 aliphatic heterocycles. The predicted octanol–water partition coefficient (Wildman–Crippen LogP) is 4.80. The molecule has 3 aromatic heterocycles. The number of pyridine rings is 1. The number of hydrogen-bond donors (Lipinski definition) is 0. The summed E-state index contributed by atoms with van der Waals surface area (Å²) in [6, 6.07) is 8.37. The molecule has 0 spiro atoms. The van der Waals surface area contributed by atoms with Crippen molar-refractivity contribution in [3.8, 4) is 11.5 Å². The summed E-state index contributed by atoms with van der Waals surface area (Å²) in [4.78, 5) is 31.6. The summed E-state index contributed by atoms with van der Waals surface area (Å²) >= 11 is 0. The van der Waals surface area contributed by atoms with E-state index >= 15 is 0 Å². The second-order valence-electron chi connectivity index (χ2n) is 9.13. The number of likely N-dealkylation sites (tertiary alicyclic amines) is 1. The van der Waals surface area contributed by atoms with Crippen LogP contribution in [-0.4, -0.2) is 55.6 Å². The molecule has 40 heavy (non-hydrogen) atoms. The summed E-state index contributed by atoms with van der Waals surface area (Å²) in [6.07, 6.45) is -4.72. The van der Waals surface area contributed by atoms with Crippen molar-refractivity contribution >= 4 is 23.1 Å². The Morgan fingerprint density at radius 3 is 2.50 bits per heavy atom. The van der Waals surface area contributed by atoms with Gasteiger partial charge >= 0.3 is 18.5 Å². The van der Waals surface area contributed by atoms with E-state index in [0.29, 0.717) is 21.8 Å². The number of benzene rings is 1. The Balaban J connectivity index is 1.38. The molecule has 0 saturated carbocycles. The summed E-state index contributed by atoms with van der Waals surface area (Å²) in [5.74, 6) is -4.65. The SMILES string of the molecule is O=C(C1CCN(C(=O)C(F)(F)F)CC1)N(Cc1cn2ccc(-c3nnc(C(F)F)o3)cc2n1)c1cccc(F)c1. The molecule has 1 saturated heterocycles. The Morgan fingerprint density at radius 1 is 1.10 bits per heavy atom. The number of nitrogens with zero attached hydrogens (tertiary/aromatic N) is 6. The number of aromatic nitrogens is 4. The number of imidazole rings is 1. The zero-order valence-electron chi connectivity index (χ0n) is 20.5. The monoisotopic (exact) mass is 566 g/mol. The molecule has 5 rings (SSSR count). The number of carbonyl (C=O) groups excluding carboxylic acids is 2. The number of piperidine rings is 1. The summed E-state index contributed by atoms with van der Waals surface area (Å²) in [5, 5.41) is 6.91. The lowest BCUT2D eigenvalue weighted by Gasteiger charge is -2.34. The van der Waals surface area contributed by atoms with Gasteiger partial charge in [-0.3, -0.25) is 9.59 Å². The van der Waals surface area contributed by atoms with E-state index in [2.05, 4.69) is 15.2 Å². The standard InChI is InChI=1S/C25H20F6N6O3/c26-16-2-1-3-18(11-16)37(23(38)14-4-7-35(8-5-14)24(39)25(29,30)31)13-17-12-36-9-6-15(10-19(36)32-17)21-33-34-22(40-21)20(27)28/h1-3,6,9-12,14,20H,4-5,7-8,13H2. The van der Waals surface area contributed by atoms with E-state index in [4.69, 9.17) is 4.42 Å². The van der Waals surface area contributed by atoms with Gasteiger partial charge in [0.25, 0.3) is 5.89 Å². The molecule has 0 unspecified atom stereocenters. The highest BCUT2D eigenvalue weighted by Crippen LogP contribution is 2.29. The van der Waals surface area contributed by atoms with Crippen molar-refractivity contribution in [1.82, 2.24) is 24.5 Å². The zero-order chi connectivity index (χ0) is 28.6. The zero-order valence-corrected chi connectivity index (χ0v) is 20.5. The first-order chi connectivity index (χ1) is 19.0. The minimum atomic E-state index is -5.00. The molecule has 1 aromatic carbocycles. The van der Waals surface area contributed by atoms with Crippen LogP contribution >= 0.6 is 0 Å². The Labute approximate surface area is 222 Å². The van der Waals surface area contributed by atoms with Gasteiger partial charge in [-0.2, -0.15) is 22.0 Å². The molecule has 0 aliphatic carbocycles. The quantitative estimate of drug-likeness (QED) is 0.312. The fourth-order valence-electron chi connectivity index (χ4n) is 4.51. The first-order valence-corrected chi connectivity index (χ1v) is 12.0. The molecule has 4 heterocycles. The van der Waals surface area contributed by atoms with Crippen molar-refractivity contribution < 1.29 is 40.3 Å². The summed E-state index contributed by atoms with van der Waals surface area (Å²) in [7, 11) is 0. The molecule has 2 amide bonds. The third-order valence-electron chi connectivity index (χ3n) is 6.46. The number of rotatable bonds is 6. The summed E-state index contributed by atoms with van der Waals surface area (Å²) < 4.78 is 84.7. The van der Waals surface area contributed by atoms with Gasteiger partial charge in [0.2, 0.25) is 11.8 Å². The Morgan fingerprint density at radius 2 is 1.85 bits per heavy atom. The van der Waals surface area contributed by atoms with Crippen molar-refractivity contribution in [2.45, 2.75) is 32.0 Å². The molecule has 0 bridgehead atoms. The van der Waals surface area contributed by atoms with E-state index in [0.717, 1.165) is 6.07 Å². The van der Waals surface area contributed by atoms with Crippen molar-refractivity contribution in [3.63, 3.8) is 0 Å². The van der Waals surface area contributed by atoms with E-state index < -0.39 is 42.0 Å². The minimum absolute atomic E-state index is 0.00574. The van der Waals surface area contributed by atoms with Crippen molar-refractivity contribution in [3.05, 3.63) is 66.2 Å². The summed E-state index contributed by atoms with van der Waals surface area (Å²) in [5.41, 5.74) is 1.32. The molecule has 15 heteroatoms. The maximum absolute atomic E-state index is 14.1. The van der Waals surface area contributed by atoms with Crippen LogP contribution < -0.4 is 4.90 Å². The van der Waals surface area contributed by atoms with Gasteiger partial charge < -0.3 is 18.6 Å². The third kappa shape index (κ3) is 5.62. The fraction of sp³-hybridized carbons (Fsp3) is 0.320. The molecule has 0 radical (unpaired) electrons. The van der Waals surface area contributed by atoms with E-state index in [1.54, 1.807) is 22.9 Å². The Bertz CT molecular complexity index is 1540. The van der Waals surface area contributed by atoms with Gasteiger partial charge in [0, 0.05) is 42.7 Å². The first-order valence-electron chi connectivity index (χ1n) is 12.0. The fourth-order valence-corrected chi connectivity index (χ4v) is 4.51. The van der Waals surface area contributed by atoms with Crippen LogP contribution in [0.4, 0.5) is 32.0 Å². The average molecular weight is 566 g/mol. The number of alkyl halides is 5. The second-order valence-corrected chi connectivity index (χ2v) is 9.13. The van der Waals surface area contributed by atoms with E-state index in [9.17, 15) is 35.9 Å². The summed E-state index contributed by atoms with van der Waals surface area (Å²) in [6.45, 7) is -0.589. The van der Waals surface area contributed by atoms with Crippen LogP contribution in [0.3, 0.4) is 0 Å². The Kier molecular flexibility index (Phi) is 7.21. The van der Waals surface area contributed by atoms with E-state index in [1.807, 2.05) is 0 Å². The molecule has 0 atom stereocenters. The van der Waals surface area contributed by atoms with Gasteiger partial charge in [-0.1, -0.05) is 6.07 Å². The maximum atomic E-state index is 14.1. The van der Waals surface area contributed by atoms with E-state index in [1.165, 1.54) is 29.2 Å². The molecule has 0 N–H and O–H groups in total. The van der Waals surface area contributed by atoms with Gasteiger partial charge in [-0.05, 0) is 43.2 Å². The first kappa shape index (κ1) is 27.1. The van der Waals surface area contributed by atoms with Crippen molar-refractivity contribution in [1.29, 1.82) is 0 Å². The molecule has 210 valence electrons. The lowest BCUT2D eigenvalue weighted by molar-refractivity contribution is -0.186. The Hall–Kier alpha value is -4.43. The van der Waals surface area contributed by atoms with Crippen LogP contribution in [0.1, 0.15) is 30.9 Å². The molecular weight excluding hydrogens is 546 g/mol.